The van der Waals surface area contributed by atoms with Gasteiger partial charge < -0.3 is 14.6 Å². The number of ketones is 1. The number of benzene rings is 3. The summed E-state index contributed by atoms with van der Waals surface area (Å²) in [7, 11) is 0. The maximum absolute atomic E-state index is 13.5. The third-order valence-corrected chi connectivity index (χ3v) is 6.70. The molecule has 6 heteroatoms. The molecule has 1 N–H and O–H groups in total. The van der Waals surface area contributed by atoms with Crippen LogP contribution in [0.3, 0.4) is 0 Å². The Kier molecular flexibility index (Phi) is 6.74. The topological polar surface area (TPSA) is 76.1 Å². The molecule has 0 aromatic heterocycles. The predicted molar refractivity (Wildman–Crippen MR) is 143 cm³/mol. The molecule has 0 bridgehead atoms. The second-order valence-corrected chi connectivity index (χ2v) is 10.1. The van der Waals surface area contributed by atoms with E-state index in [1.54, 1.807) is 6.07 Å². The van der Waals surface area contributed by atoms with Crippen molar-refractivity contribution in [3.8, 4) is 11.5 Å². The molecule has 1 unspecified atom stereocenters. The van der Waals surface area contributed by atoms with Crippen molar-refractivity contribution in [2.24, 2.45) is 5.92 Å². The first kappa shape index (κ1) is 24.6. The van der Waals surface area contributed by atoms with E-state index in [1.807, 2.05) is 67.6 Å². The first-order chi connectivity index (χ1) is 17.8. The summed E-state index contributed by atoms with van der Waals surface area (Å²) in [5.41, 5.74) is 3.83. The van der Waals surface area contributed by atoms with Crippen LogP contribution in [0.25, 0.3) is 5.76 Å². The summed E-state index contributed by atoms with van der Waals surface area (Å²) in [6, 6.07) is 19.4. The number of ether oxygens (including phenoxy) is 2. The van der Waals surface area contributed by atoms with Crippen LogP contribution < -0.4 is 14.4 Å². The highest BCUT2D eigenvalue weighted by Gasteiger charge is 2.47. The Bertz CT molecular complexity index is 1370. The van der Waals surface area contributed by atoms with Gasteiger partial charge in [-0.1, -0.05) is 43.7 Å². The van der Waals surface area contributed by atoms with Crippen molar-refractivity contribution in [1.82, 2.24) is 0 Å². The van der Waals surface area contributed by atoms with Crippen molar-refractivity contribution in [1.29, 1.82) is 0 Å². The van der Waals surface area contributed by atoms with Gasteiger partial charge >= 0.3 is 0 Å². The van der Waals surface area contributed by atoms with Gasteiger partial charge in [-0.15, -0.1) is 0 Å². The number of Topliss-reactive ketones (excluding diaryl/α,β-unsaturated/α-hetero) is 1. The number of fused-ring (bicyclic) bond motifs is 1. The van der Waals surface area contributed by atoms with Gasteiger partial charge in [-0.2, -0.15) is 0 Å². The summed E-state index contributed by atoms with van der Waals surface area (Å²) in [6.07, 6.45) is 1.71. The lowest BCUT2D eigenvalue weighted by atomic mass is 9.93. The minimum absolute atomic E-state index is 0.0586. The fourth-order valence-electron chi connectivity index (χ4n) is 4.82. The fourth-order valence-corrected chi connectivity index (χ4v) is 4.82. The highest BCUT2D eigenvalue weighted by molar-refractivity contribution is 6.51. The lowest BCUT2D eigenvalue weighted by Gasteiger charge is -2.26. The van der Waals surface area contributed by atoms with Gasteiger partial charge in [0, 0.05) is 11.3 Å². The van der Waals surface area contributed by atoms with Crippen molar-refractivity contribution in [3.63, 3.8) is 0 Å². The van der Waals surface area contributed by atoms with Crippen LogP contribution in [-0.2, 0) is 16.0 Å². The molecule has 1 amide bonds. The van der Waals surface area contributed by atoms with E-state index in [0.717, 1.165) is 29.7 Å². The van der Waals surface area contributed by atoms with Crippen LogP contribution in [0.2, 0.25) is 0 Å². The zero-order valence-corrected chi connectivity index (χ0v) is 21.4. The molecule has 37 heavy (non-hydrogen) atoms. The number of aliphatic hydroxyl groups is 1. The summed E-state index contributed by atoms with van der Waals surface area (Å²) < 4.78 is 11.6. The van der Waals surface area contributed by atoms with Crippen molar-refractivity contribution in [3.05, 3.63) is 94.6 Å². The van der Waals surface area contributed by atoms with E-state index in [4.69, 9.17) is 9.47 Å². The largest absolute Gasteiger partial charge is 0.507 e. The summed E-state index contributed by atoms with van der Waals surface area (Å²) in [6.45, 7) is 7.30. The minimum Gasteiger partial charge on any atom is -0.507 e. The number of hydrogen-bond donors (Lipinski definition) is 1. The number of amides is 1. The van der Waals surface area contributed by atoms with Crippen molar-refractivity contribution in [2.45, 2.75) is 39.7 Å². The van der Waals surface area contributed by atoms with Gasteiger partial charge in [0.1, 0.15) is 17.3 Å². The van der Waals surface area contributed by atoms with Crippen LogP contribution in [0.1, 0.15) is 48.6 Å². The molecule has 190 valence electrons. The van der Waals surface area contributed by atoms with Crippen LogP contribution in [0.15, 0.2) is 72.3 Å². The van der Waals surface area contributed by atoms with E-state index >= 15 is 0 Å². The number of carbonyl (C=O) groups is 2. The molecule has 0 radical (unpaired) electrons. The standard InChI is InChI=1S/C31H31NO5/c1-19(2)18-37-25-8-4-6-22(17-25)28-27(29(33)23-11-14-26-21(16-23)7-5-15-36-26)30(34)31(35)32(28)24-12-9-20(3)10-13-24/h4,6,8-14,16-17,19,28,33H,5,7,15,18H2,1-3H3/b29-27-. The summed E-state index contributed by atoms with van der Waals surface area (Å²) >= 11 is 0. The number of aryl methyl sites for hydroxylation is 2. The van der Waals surface area contributed by atoms with Crippen molar-refractivity contribution in [2.75, 3.05) is 18.1 Å². The number of carbonyl (C=O) groups excluding carboxylic acids is 2. The second-order valence-electron chi connectivity index (χ2n) is 10.1. The summed E-state index contributed by atoms with van der Waals surface area (Å²) in [4.78, 5) is 28.4. The van der Waals surface area contributed by atoms with E-state index in [-0.39, 0.29) is 11.3 Å². The van der Waals surface area contributed by atoms with E-state index < -0.39 is 17.7 Å². The van der Waals surface area contributed by atoms with E-state index in [2.05, 4.69) is 13.8 Å². The van der Waals surface area contributed by atoms with Crippen molar-refractivity contribution >= 4 is 23.1 Å². The molecule has 2 aliphatic heterocycles. The molecule has 1 saturated heterocycles. The van der Waals surface area contributed by atoms with Crippen LogP contribution in [-0.4, -0.2) is 30.0 Å². The molecule has 2 heterocycles. The molecule has 5 rings (SSSR count). The SMILES string of the molecule is Cc1ccc(N2C(=O)C(=O)/C(=C(\O)c3ccc4c(c3)CCCO4)C2c2cccc(OCC(C)C)c2)cc1. The first-order valence-corrected chi connectivity index (χ1v) is 12.7. The van der Waals surface area contributed by atoms with E-state index in [1.165, 1.54) is 4.90 Å². The zero-order chi connectivity index (χ0) is 26.1. The average molecular weight is 498 g/mol. The second kappa shape index (κ2) is 10.1. The lowest BCUT2D eigenvalue weighted by Crippen LogP contribution is -2.29. The Labute approximate surface area is 217 Å². The third kappa shape index (κ3) is 4.84. The smallest absolute Gasteiger partial charge is 0.300 e. The fraction of sp³-hybridized carbons (Fsp3) is 0.290. The summed E-state index contributed by atoms with van der Waals surface area (Å²) in [5.74, 6) is 0.187. The molecule has 0 spiro atoms. The van der Waals surface area contributed by atoms with Gasteiger partial charge in [0.15, 0.2) is 0 Å². The summed E-state index contributed by atoms with van der Waals surface area (Å²) in [5, 5.41) is 11.5. The molecule has 6 nitrogen and oxygen atoms in total. The number of hydrogen-bond acceptors (Lipinski definition) is 5. The Morgan fingerprint density at radius 3 is 2.62 bits per heavy atom. The molecular formula is C31H31NO5. The lowest BCUT2D eigenvalue weighted by molar-refractivity contribution is -0.132. The molecule has 3 aromatic rings. The van der Waals surface area contributed by atoms with Crippen LogP contribution in [0.5, 0.6) is 11.5 Å². The zero-order valence-electron chi connectivity index (χ0n) is 21.4. The van der Waals surface area contributed by atoms with E-state index in [9.17, 15) is 14.7 Å². The van der Waals surface area contributed by atoms with Gasteiger partial charge in [0.2, 0.25) is 0 Å². The number of rotatable bonds is 6. The maximum Gasteiger partial charge on any atom is 0.300 e. The van der Waals surface area contributed by atoms with E-state index in [0.29, 0.717) is 41.7 Å². The average Bonchev–Trinajstić information content (AvgIpc) is 3.17. The Balaban J connectivity index is 1.65. The first-order valence-electron chi connectivity index (χ1n) is 12.7. The highest BCUT2D eigenvalue weighted by atomic mass is 16.5. The van der Waals surface area contributed by atoms with Gasteiger partial charge in [-0.3, -0.25) is 14.5 Å². The molecular weight excluding hydrogens is 466 g/mol. The number of anilines is 1. The molecule has 1 fully saturated rings. The van der Waals surface area contributed by atoms with Gasteiger partial charge in [0.05, 0.1) is 24.8 Å². The van der Waals surface area contributed by atoms with Gasteiger partial charge in [0.25, 0.3) is 11.7 Å². The van der Waals surface area contributed by atoms with Crippen LogP contribution in [0, 0.1) is 12.8 Å². The number of aliphatic hydroxyl groups excluding tert-OH is 1. The minimum atomic E-state index is -0.808. The van der Waals surface area contributed by atoms with Crippen LogP contribution >= 0.6 is 0 Å². The quantitative estimate of drug-likeness (QED) is 0.258. The molecule has 0 aliphatic carbocycles. The Morgan fingerprint density at radius 1 is 1.08 bits per heavy atom. The molecule has 2 aliphatic rings. The van der Waals surface area contributed by atoms with Gasteiger partial charge in [-0.05, 0) is 79.3 Å². The van der Waals surface area contributed by atoms with Crippen LogP contribution in [0.4, 0.5) is 5.69 Å². The molecule has 1 atom stereocenters. The number of nitrogens with zero attached hydrogens (tertiary/aromatic N) is 1. The normalized spacial score (nSPS) is 18.6. The van der Waals surface area contributed by atoms with Gasteiger partial charge in [-0.25, -0.2) is 0 Å². The Hall–Kier alpha value is -4.06. The Morgan fingerprint density at radius 2 is 1.86 bits per heavy atom. The maximum atomic E-state index is 13.5. The third-order valence-electron chi connectivity index (χ3n) is 6.70. The highest BCUT2D eigenvalue weighted by Crippen LogP contribution is 2.43. The van der Waals surface area contributed by atoms with Crippen molar-refractivity contribution < 1.29 is 24.2 Å². The predicted octanol–water partition coefficient (Wildman–Crippen LogP) is 5.98. The monoisotopic (exact) mass is 497 g/mol. The molecule has 0 saturated carbocycles. The molecule has 3 aromatic carbocycles.